The predicted molar refractivity (Wildman–Crippen MR) is 117 cm³/mol. The van der Waals surface area contributed by atoms with E-state index in [-0.39, 0.29) is 11.8 Å². The van der Waals surface area contributed by atoms with Crippen molar-refractivity contribution in [2.45, 2.75) is 51.1 Å². The zero-order chi connectivity index (χ0) is 21.0. The lowest BCUT2D eigenvalue weighted by molar-refractivity contribution is 0.0943. The number of hydrogen-bond acceptors (Lipinski definition) is 4. The van der Waals surface area contributed by atoms with Crippen molar-refractivity contribution in [2.75, 3.05) is 6.54 Å². The fourth-order valence-corrected chi connectivity index (χ4v) is 4.09. The smallest absolute Gasteiger partial charge is 0.254 e. The van der Waals surface area contributed by atoms with Crippen LogP contribution >= 0.6 is 11.8 Å². The van der Waals surface area contributed by atoms with Crippen molar-refractivity contribution in [3.05, 3.63) is 70.7 Å². The summed E-state index contributed by atoms with van der Waals surface area (Å²) in [6.45, 7) is 11.7. The maximum absolute atomic E-state index is 12.8. The van der Waals surface area contributed by atoms with Gasteiger partial charge in [-0.1, -0.05) is 24.8 Å². The third kappa shape index (κ3) is 5.48. The van der Waals surface area contributed by atoms with Crippen molar-refractivity contribution in [3.8, 4) is 0 Å². The average molecular weight is 409 g/mol. The van der Waals surface area contributed by atoms with Crippen LogP contribution in [0.15, 0.2) is 52.5 Å². The predicted octanol–water partition coefficient (Wildman–Crippen LogP) is 4.73. The van der Waals surface area contributed by atoms with E-state index in [1.54, 1.807) is 12.3 Å². The van der Waals surface area contributed by atoms with Crippen LogP contribution < -0.4 is 5.32 Å². The minimum atomic E-state index is -0.0929. The van der Waals surface area contributed by atoms with E-state index >= 15 is 0 Å². The van der Waals surface area contributed by atoms with Gasteiger partial charge in [0.25, 0.3) is 5.91 Å². The van der Waals surface area contributed by atoms with Crippen LogP contribution in [-0.4, -0.2) is 27.2 Å². The van der Waals surface area contributed by atoms with E-state index in [1.807, 2.05) is 17.7 Å². The zero-order valence-electron chi connectivity index (χ0n) is 17.7. The molecule has 3 rings (SSSR count). The maximum atomic E-state index is 12.8. The van der Waals surface area contributed by atoms with Gasteiger partial charge >= 0.3 is 0 Å². The summed E-state index contributed by atoms with van der Waals surface area (Å²) in [5, 5.41) is 8.28. The SMILES string of the molecule is Cc1cc(C)n(CC(C)CNC(=O)c2cccnc2Sc2ccc(C)c(C)c2)n1. The third-order valence-corrected chi connectivity index (χ3v) is 5.92. The van der Waals surface area contributed by atoms with Crippen LogP contribution in [0.1, 0.15) is 39.8 Å². The first-order chi connectivity index (χ1) is 13.8. The third-order valence-electron chi connectivity index (χ3n) is 4.91. The molecule has 152 valence electrons. The second kappa shape index (κ2) is 9.27. The molecule has 3 aromatic rings. The Morgan fingerprint density at radius 2 is 1.93 bits per heavy atom. The normalized spacial score (nSPS) is 12.0. The van der Waals surface area contributed by atoms with Gasteiger partial charge in [-0.2, -0.15) is 5.10 Å². The van der Waals surface area contributed by atoms with E-state index in [2.05, 4.69) is 67.4 Å². The lowest BCUT2D eigenvalue weighted by Crippen LogP contribution is -2.30. The molecule has 0 saturated carbocycles. The number of carbonyl (C=O) groups excluding carboxylic acids is 1. The van der Waals surface area contributed by atoms with Gasteiger partial charge in [0, 0.05) is 29.9 Å². The van der Waals surface area contributed by atoms with Crippen molar-refractivity contribution < 1.29 is 4.79 Å². The fraction of sp³-hybridized carbons (Fsp3) is 0.348. The molecule has 6 heteroatoms. The molecule has 0 aliphatic carbocycles. The Morgan fingerprint density at radius 3 is 2.62 bits per heavy atom. The van der Waals surface area contributed by atoms with Gasteiger partial charge in [-0.3, -0.25) is 9.48 Å². The number of aromatic nitrogens is 3. The molecule has 1 N–H and O–H groups in total. The van der Waals surface area contributed by atoms with Gasteiger partial charge in [0.15, 0.2) is 0 Å². The topological polar surface area (TPSA) is 59.8 Å². The van der Waals surface area contributed by atoms with Crippen LogP contribution in [0.2, 0.25) is 0 Å². The molecule has 0 aliphatic heterocycles. The van der Waals surface area contributed by atoms with Gasteiger partial charge < -0.3 is 5.32 Å². The Kier molecular flexibility index (Phi) is 6.75. The Morgan fingerprint density at radius 1 is 1.14 bits per heavy atom. The van der Waals surface area contributed by atoms with Crippen LogP contribution in [0, 0.1) is 33.6 Å². The minimum Gasteiger partial charge on any atom is -0.352 e. The van der Waals surface area contributed by atoms with E-state index < -0.39 is 0 Å². The lowest BCUT2D eigenvalue weighted by Gasteiger charge is -2.15. The minimum absolute atomic E-state index is 0.0929. The van der Waals surface area contributed by atoms with Crippen molar-refractivity contribution >= 4 is 17.7 Å². The molecule has 1 aromatic carbocycles. The molecule has 1 atom stereocenters. The Bertz CT molecular complexity index is 1010. The molecule has 1 amide bonds. The summed E-state index contributed by atoms with van der Waals surface area (Å²) in [6, 6.07) is 12.0. The standard InChI is InChI=1S/C23H28N4OS/c1-15(14-27-19(5)12-18(4)26-27)13-25-22(28)21-7-6-10-24-23(21)29-20-9-8-16(2)17(3)11-20/h6-12,15H,13-14H2,1-5H3,(H,25,28). The van der Waals surface area contributed by atoms with Crippen LogP contribution in [0.5, 0.6) is 0 Å². The highest BCUT2D eigenvalue weighted by Crippen LogP contribution is 2.30. The Labute approximate surface area is 176 Å². The Hall–Kier alpha value is -2.60. The van der Waals surface area contributed by atoms with Gasteiger partial charge in [0.2, 0.25) is 0 Å². The van der Waals surface area contributed by atoms with Crippen LogP contribution in [0.25, 0.3) is 0 Å². The average Bonchev–Trinajstić information content (AvgIpc) is 3.00. The van der Waals surface area contributed by atoms with Gasteiger partial charge in [0.1, 0.15) is 5.03 Å². The number of pyridine rings is 1. The van der Waals surface area contributed by atoms with Crippen molar-refractivity contribution in [1.29, 1.82) is 0 Å². The molecule has 0 radical (unpaired) electrons. The molecule has 2 aromatic heterocycles. The van der Waals surface area contributed by atoms with Crippen LogP contribution in [-0.2, 0) is 6.54 Å². The number of nitrogens with zero attached hydrogens (tertiary/aromatic N) is 3. The first kappa shape index (κ1) is 21.1. The number of aryl methyl sites for hydroxylation is 4. The molecule has 0 aliphatic rings. The molecule has 0 bridgehead atoms. The quantitative estimate of drug-likeness (QED) is 0.614. The maximum Gasteiger partial charge on any atom is 0.254 e. The Balaban J connectivity index is 1.64. The molecule has 0 saturated heterocycles. The van der Waals surface area contributed by atoms with Crippen molar-refractivity contribution in [3.63, 3.8) is 0 Å². The molecule has 5 nitrogen and oxygen atoms in total. The second-order valence-corrected chi connectivity index (χ2v) is 8.69. The highest BCUT2D eigenvalue weighted by Gasteiger charge is 2.15. The number of hydrogen-bond donors (Lipinski definition) is 1. The zero-order valence-corrected chi connectivity index (χ0v) is 18.5. The van der Waals surface area contributed by atoms with E-state index in [4.69, 9.17) is 0 Å². The highest BCUT2D eigenvalue weighted by atomic mass is 32.2. The van der Waals surface area contributed by atoms with Crippen LogP contribution in [0.4, 0.5) is 0 Å². The summed E-state index contributed by atoms with van der Waals surface area (Å²) in [4.78, 5) is 18.3. The van der Waals surface area contributed by atoms with Gasteiger partial charge in [-0.15, -0.1) is 0 Å². The fourth-order valence-electron chi connectivity index (χ4n) is 3.12. The monoisotopic (exact) mass is 408 g/mol. The largest absolute Gasteiger partial charge is 0.352 e. The second-order valence-electron chi connectivity index (χ2n) is 7.63. The van der Waals surface area contributed by atoms with E-state index in [0.717, 1.165) is 27.9 Å². The lowest BCUT2D eigenvalue weighted by atomic mass is 10.1. The van der Waals surface area contributed by atoms with Crippen LogP contribution in [0.3, 0.4) is 0 Å². The summed E-state index contributed by atoms with van der Waals surface area (Å²) >= 11 is 1.52. The highest BCUT2D eigenvalue weighted by molar-refractivity contribution is 7.99. The van der Waals surface area contributed by atoms with E-state index in [9.17, 15) is 4.79 Å². The summed E-state index contributed by atoms with van der Waals surface area (Å²) in [5.41, 5.74) is 5.25. The molecule has 0 fully saturated rings. The van der Waals surface area contributed by atoms with Crippen molar-refractivity contribution in [2.24, 2.45) is 5.92 Å². The number of benzene rings is 1. The molecule has 2 heterocycles. The molecular formula is C23H28N4OS. The van der Waals surface area contributed by atoms with Gasteiger partial charge in [-0.05, 0) is 75.1 Å². The summed E-state index contributed by atoms with van der Waals surface area (Å²) in [7, 11) is 0. The van der Waals surface area contributed by atoms with Gasteiger partial charge in [-0.25, -0.2) is 4.98 Å². The number of nitrogens with one attached hydrogen (secondary N) is 1. The van der Waals surface area contributed by atoms with Gasteiger partial charge in [0.05, 0.1) is 11.3 Å². The van der Waals surface area contributed by atoms with Crippen molar-refractivity contribution in [1.82, 2.24) is 20.1 Å². The molecule has 0 spiro atoms. The first-order valence-electron chi connectivity index (χ1n) is 9.83. The summed E-state index contributed by atoms with van der Waals surface area (Å²) in [6.07, 6.45) is 1.73. The number of carbonyl (C=O) groups is 1. The number of rotatable bonds is 7. The summed E-state index contributed by atoms with van der Waals surface area (Å²) in [5.74, 6) is 0.175. The summed E-state index contributed by atoms with van der Waals surface area (Å²) < 4.78 is 2.00. The van der Waals surface area contributed by atoms with E-state index in [1.165, 1.54) is 22.9 Å². The molecule has 29 heavy (non-hydrogen) atoms. The molecular weight excluding hydrogens is 380 g/mol. The number of amides is 1. The first-order valence-corrected chi connectivity index (χ1v) is 10.6. The van der Waals surface area contributed by atoms with E-state index in [0.29, 0.717) is 12.1 Å². The molecule has 1 unspecified atom stereocenters.